The minimum atomic E-state index is -0.107. The van der Waals surface area contributed by atoms with Gasteiger partial charge < -0.3 is 14.8 Å². The van der Waals surface area contributed by atoms with Gasteiger partial charge in [-0.25, -0.2) is 9.79 Å². The maximum Gasteiger partial charge on any atom is 0.330 e. The van der Waals surface area contributed by atoms with Gasteiger partial charge in [-0.2, -0.15) is 0 Å². The highest BCUT2D eigenvalue weighted by Gasteiger charge is 2.22. The van der Waals surface area contributed by atoms with Gasteiger partial charge in [0.05, 0.1) is 31.3 Å². The molecule has 10 nitrogen and oxygen atoms in total. The number of hydrogen-bond acceptors (Lipinski definition) is 7. The smallest absolute Gasteiger partial charge is 0.330 e. The number of aromatic amines is 1. The third-order valence-corrected chi connectivity index (χ3v) is 6.79. The van der Waals surface area contributed by atoms with E-state index in [4.69, 9.17) is 14.5 Å². The summed E-state index contributed by atoms with van der Waals surface area (Å²) in [5, 5.41) is 13.6. The molecule has 5 rings (SSSR count). The summed E-state index contributed by atoms with van der Waals surface area (Å²) in [7, 11) is 1.63. The lowest BCUT2D eigenvalue weighted by Gasteiger charge is -2.25. The SMILES string of the molecule is CCOc1cc2c(cc1OC)-c1c/c(=N\c3c(C)cc(C)cc3C)n(CCNc3c[nH]nn3)c(=O)n1CC2. The Morgan fingerprint density at radius 3 is 2.58 bits per heavy atom. The lowest BCUT2D eigenvalue weighted by molar-refractivity contribution is 0.310. The first-order valence-electron chi connectivity index (χ1n) is 12.8. The molecule has 0 atom stereocenters. The van der Waals surface area contributed by atoms with Crippen LogP contribution in [-0.4, -0.2) is 44.8 Å². The second kappa shape index (κ2) is 10.6. The second-order valence-electron chi connectivity index (χ2n) is 9.46. The van der Waals surface area contributed by atoms with Gasteiger partial charge in [-0.3, -0.25) is 14.2 Å². The monoisotopic (exact) mass is 515 g/mol. The molecule has 2 aromatic carbocycles. The average Bonchev–Trinajstić information content (AvgIpc) is 3.41. The van der Waals surface area contributed by atoms with Crippen molar-refractivity contribution >= 4 is 11.5 Å². The Kier molecular flexibility index (Phi) is 7.04. The molecule has 0 aliphatic carbocycles. The first-order chi connectivity index (χ1) is 18.4. The highest BCUT2D eigenvalue weighted by molar-refractivity contribution is 5.70. The van der Waals surface area contributed by atoms with Gasteiger partial charge in [0.25, 0.3) is 0 Å². The summed E-state index contributed by atoms with van der Waals surface area (Å²) in [6, 6.07) is 10.2. The van der Waals surface area contributed by atoms with E-state index in [0.29, 0.717) is 49.0 Å². The van der Waals surface area contributed by atoms with Crippen molar-refractivity contribution in [1.29, 1.82) is 0 Å². The van der Waals surface area contributed by atoms with E-state index >= 15 is 0 Å². The van der Waals surface area contributed by atoms with Crippen LogP contribution in [0.2, 0.25) is 0 Å². The molecular weight excluding hydrogens is 482 g/mol. The van der Waals surface area contributed by atoms with E-state index in [1.54, 1.807) is 17.9 Å². The molecule has 3 heterocycles. The van der Waals surface area contributed by atoms with Crippen LogP contribution in [0.4, 0.5) is 11.5 Å². The van der Waals surface area contributed by atoms with E-state index < -0.39 is 0 Å². The van der Waals surface area contributed by atoms with Crippen molar-refractivity contribution in [3.05, 3.63) is 74.8 Å². The summed E-state index contributed by atoms with van der Waals surface area (Å²) in [6.07, 6.45) is 2.39. The number of nitrogens with one attached hydrogen (secondary N) is 2. The highest BCUT2D eigenvalue weighted by atomic mass is 16.5. The van der Waals surface area contributed by atoms with E-state index in [0.717, 1.165) is 40.1 Å². The van der Waals surface area contributed by atoms with Crippen LogP contribution in [0.25, 0.3) is 11.3 Å². The molecule has 2 N–H and O–H groups in total. The molecule has 38 heavy (non-hydrogen) atoms. The van der Waals surface area contributed by atoms with E-state index in [-0.39, 0.29) is 5.69 Å². The van der Waals surface area contributed by atoms with E-state index in [9.17, 15) is 4.79 Å². The number of anilines is 1. The van der Waals surface area contributed by atoms with Crippen molar-refractivity contribution in [3.63, 3.8) is 0 Å². The number of nitrogens with zero attached hydrogens (tertiary/aromatic N) is 5. The fraction of sp³-hybridized carbons (Fsp3) is 0.357. The molecule has 0 unspecified atom stereocenters. The number of aromatic nitrogens is 5. The number of benzene rings is 2. The maximum atomic E-state index is 13.9. The minimum absolute atomic E-state index is 0.107. The third kappa shape index (κ3) is 4.81. The zero-order valence-corrected chi connectivity index (χ0v) is 22.5. The Bertz CT molecular complexity index is 1580. The van der Waals surface area contributed by atoms with Gasteiger partial charge in [-0.05, 0) is 62.9 Å². The molecule has 2 aromatic heterocycles. The summed E-state index contributed by atoms with van der Waals surface area (Å²) >= 11 is 0. The van der Waals surface area contributed by atoms with Crippen LogP contribution >= 0.6 is 0 Å². The number of ether oxygens (including phenoxy) is 2. The van der Waals surface area contributed by atoms with Gasteiger partial charge >= 0.3 is 5.69 Å². The Morgan fingerprint density at radius 1 is 1.11 bits per heavy atom. The van der Waals surface area contributed by atoms with Crippen molar-refractivity contribution in [1.82, 2.24) is 24.5 Å². The zero-order valence-electron chi connectivity index (χ0n) is 22.5. The van der Waals surface area contributed by atoms with Gasteiger partial charge in [-0.1, -0.05) is 22.9 Å². The highest BCUT2D eigenvalue weighted by Crippen LogP contribution is 2.37. The Balaban J connectivity index is 1.68. The van der Waals surface area contributed by atoms with Crippen molar-refractivity contribution in [2.75, 3.05) is 25.6 Å². The Hall–Kier alpha value is -4.34. The molecule has 0 saturated carbocycles. The van der Waals surface area contributed by atoms with Crippen molar-refractivity contribution < 1.29 is 9.47 Å². The van der Waals surface area contributed by atoms with Crippen molar-refractivity contribution in [2.24, 2.45) is 4.99 Å². The summed E-state index contributed by atoms with van der Waals surface area (Å²) in [4.78, 5) is 19.0. The first-order valence-corrected chi connectivity index (χ1v) is 12.8. The zero-order chi connectivity index (χ0) is 26.8. The van der Waals surface area contributed by atoms with E-state index in [1.165, 1.54) is 5.56 Å². The first kappa shape index (κ1) is 25.3. The molecule has 198 valence electrons. The standard InChI is InChI=1S/C28H33N7O3/c1-6-38-24-13-20-7-9-34-22(21(20)14-23(24)37-5)15-26(31-27-18(3)11-17(2)12-19(27)4)35(28(34)36)10-8-29-25-16-30-33-32-25/h11-16H,6-10H2,1-5H3,(H2,29,30,32,33)/b31-26+. The Morgan fingerprint density at radius 2 is 1.89 bits per heavy atom. The predicted octanol–water partition coefficient (Wildman–Crippen LogP) is 3.67. The molecule has 0 radical (unpaired) electrons. The summed E-state index contributed by atoms with van der Waals surface area (Å²) in [5.41, 5.74) is 7.57. The second-order valence-corrected chi connectivity index (χ2v) is 9.46. The molecule has 0 spiro atoms. The summed E-state index contributed by atoms with van der Waals surface area (Å²) < 4.78 is 15.0. The lowest BCUT2D eigenvalue weighted by atomic mass is 9.97. The molecule has 1 aliphatic rings. The largest absolute Gasteiger partial charge is 0.493 e. The van der Waals surface area contributed by atoms with Crippen LogP contribution in [0.5, 0.6) is 11.5 Å². The fourth-order valence-corrected chi connectivity index (χ4v) is 5.12. The number of hydrogen-bond donors (Lipinski definition) is 2. The molecule has 4 aromatic rings. The quantitative estimate of drug-likeness (QED) is 0.370. The van der Waals surface area contributed by atoms with Crippen LogP contribution in [0, 0.1) is 20.8 Å². The number of rotatable bonds is 8. The molecule has 10 heteroatoms. The van der Waals surface area contributed by atoms with Gasteiger partial charge in [-0.15, -0.1) is 5.10 Å². The van der Waals surface area contributed by atoms with Gasteiger partial charge in [0.2, 0.25) is 0 Å². The normalized spacial score (nSPS) is 12.7. The number of aryl methyl sites for hydroxylation is 4. The Labute approximate surface area is 221 Å². The van der Waals surface area contributed by atoms with E-state index in [2.05, 4.69) is 53.6 Å². The minimum Gasteiger partial charge on any atom is -0.493 e. The summed E-state index contributed by atoms with van der Waals surface area (Å²) in [5.74, 6) is 1.98. The van der Waals surface area contributed by atoms with Gasteiger partial charge in [0, 0.05) is 31.3 Å². The van der Waals surface area contributed by atoms with Crippen LogP contribution in [0.1, 0.15) is 29.2 Å². The van der Waals surface area contributed by atoms with Crippen LogP contribution < -0.4 is 26.0 Å². The topological polar surface area (TPSA) is 111 Å². The molecule has 0 fully saturated rings. The number of methoxy groups -OCH3 is 1. The van der Waals surface area contributed by atoms with Gasteiger partial charge in [0.15, 0.2) is 17.3 Å². The molecule has 0 saturated heterocycles. The summed E-state index contributed by atoms with van der Waals surface area (Å²) in [6.45, 7) is 10.1. The molecular formula is C28H33N7O3. The van der Waals surface area contributed by atoms with E-state index in [1.807, 2.05) is 29.7 Å². The number of fused-ring (bicyclic) bond motifs is 3. The molecule has 1 aliphatic heterocycles. The third-order valence-electron chi connectivity index (χ3n) is 6.79. The molecule has 0 amide bonds. The van der Waals surface area contributed by atoms with Crippen LogP contribution in [-0.2, 0) is 19.5 Å². The van der Waals surface area contributed by atoms with Crippen molar-refractivity contribution in [3.8, 4) is 22.8 Å². The maximum absolute atomic E-state index is 13.9. The van der Waals surface area contributed by atoms with Crippen LogP contribution in [0.3, 0.4) is 0 Å². The predicted molar refractivity (Wildman–Crippen MR) is 146 cm³/mol. The van der Waals surface area contributed by atoms with Crippen LogP contribution in [0.15, 0.2) is 46.3 Å². The van der Waals surface area contributed by atoms with Crippen molar-refractivity contribution in [2.45, 2.75) is 47.2 Å². The van der Waals surface area contributed by atoms with Gasteiger partial charge in [0.1, 0.15) is 5.49 Å². The fourth-order valence-electron chi connectivity index (χ4n) is 5.12. The average molecular weight is 516 g/mol. The lowest BCUT2D eigenvalue weighted by Crippen LogP contribution is -2.43. The molecule has 0 bridgehead atoms. The number of H-pyrrole nitrogens is 1.